The van der Waals surface area contributed by atoms with Crippen molar-refractivity contribution in [1.29, 1.82) is 0 Å². The predicted molar refractivity (Wildman–Crippen MR) is 100 cm³/mol. The first kappa shape index (κ1) is 21.2. The summed E-state index contributed by atoms with van der Waals surface area (Å²) in [5, 5.41) is 12.8. The normalized spacial score (nSPS) is 15.3. The summed E-state index contributed by atoms with van der Waals surface area (Å²) in [6.07, 6.45) is -3.32. The highest BCUT2D eigenvalue weighted by atomic mass is 32.2. The molecule has 0 saturated carbocycles. The third-order valence-corrected chi connectivity index (χ3v) is 4.64. The lowest BCUT2D eigenvalue weighted by atomic mass is 10.1. The zero-order valence-corrected chi connectivity index (χ0v) is 15.8. The third kappa shape index (κ3) is 4.54. The van der Waals surface area contributed by atoms with Crippen LogP contribution in [0.4, 0.5) is 23.7 Å². The Morgan fingerprint density at radius 1 is 1.10 bits per heavy atom. The van der Waals surface area contributed by atoms with Gasteiger partial charge in [-0.2, -0.15) is 13.2 Å². The zero-order chi connectivity index (χ0) is 22.1. The summed E-state index contributed by atoms with van der Waals surface area (Å²) in [5.41, 5.74) is -1.58. The fourth-order valence-corrected chi connectivity index (χ4v) is 3.15. The number of thioether (sulfide) groups is 1. The number of hydrogen-bond acceptors (Lipinski definition) is 7. The number of nitrogens with zero attached hydrogens (tertiary/aromatic N) is 1. The van der Waals surface area contributed by atoms with Crippen LogP contribution < -0.4 is 14.8 Å². The number of methoxy groups -OCH3 is 1. The highest BCUT2D eigenvalue weighted by molar-refractivity contribution is 8.18. The van der Waals surface area contributed by atoms with Gasteiger partial charge >= 0.3 is 11.9 Å². The quantitative estimate of drug-likeness (QED) is 0.407. The van der Waals surface area contributed by atoms with Gasteiger partial charge in [-0.3, -0.25) is 25.0 Å². The van der Waals surface area contributed by atoms with E-state index in [9.17, 15) is 32.9 Å². The SMILES string of the molecule is COc1cc(/C=C2\SC(=O)NC2=O)ccc1Oc1ccc(C(F)(F)F)cc1[N+](=O)[O-]. The first-order chi connectivity index (χ1) is 14.1. The Kier molecular flexibility index (Phi) is 5.69. The van der Waals surface area contributed by atoms with Gasteiger partial charge < -0.3 is 9.47 Å². The van der Waals surface area contributed by atoms with Crippen LogP contribution in [0, 0.1) is 10.1 Å². The molecule has 1 heterocycles. The number of imide groups is 1. The second-order valence-electron chi connectivity index (χ2n) is 5.80. The maximum absolute atomic E-state index is 12.8. The molecular weight excluding hydrogens is 429 g/mol. The first-order valence-corrected chi connectivity index (χ1v) is 8.86. The maximum Gasteiger partial charge on any atom is 0.416 e. The van der Waals surface area contributed by atoms with Crippen molar-refractivity contribution < 1.29 is 37.2 Å². The van der Waals surface area contributed by atoms with Crippen LogP contribution in [0.3, 0.4) is 0 Å². The van der Waals surface area contributed by atoms with Crippen LogP contribution in [0.2, 0.25) is 0 Å². The third-order valence-electron chi connectivity index (χ3n) is 3.83. The van der Waals surface area contributed by atoms with Crippen molar-refractivity contribution in [1.82, 2.24) is 5.32 Å². The molecule has 2 aromatic carbocycles. The van der Waals surface area contributed by atoms with Gasteiger partial charge in [-0.15, -0.1) is 0 Å². The van der Waals surface area contributed by atoms with Gasteiger partial charge in [-0.1, -0.05) is 6.07 Å². The second-order valence-corrected chi connectivity index (χ2v) is 6.82. The summed E-state index contributed by atoms with van der Waals surface area (Å²) in [4.78, 5) is 33.2. The van der Waals surface area contributed by atoms with Gasteiger partial charge in [0.2, 0.25) is 5.75 Å². The lowest BCUT2D eigenvalue weighted by Gasteiger charge is -2.13. The molecule has 2 amide bonds. The molecule has 1 aliphatic rings. The number of rotatable bonds is 5. The number of nitrogens with one attached hydrogen (secondary N) is 1. The lowest BCUT2D eigenvalue weighted by Crippen LogP contribution is -2.17. The number of carbonyl (C=O) groups is 2. The second kappa shape index (κ2) is 8.06. The van der Waals surface area contributed by atoms with E-state index in [-0.39, 0.29) is 16.4 Å². The van der Waals surface area contributed by atoms with Crippen LogP contribution in [0.1, 0.15) is 11.1 Å². The molecule has 1 aliphatic heterocycles. The minimum atomic E-state index is -4.75. The van der Waals surface area contributed by atoms with E-state index < -0.39 is 39.2 Å². The fourth-order valence-electron chi connectivity index (χ4n) is 2.47. The molecule has 0 aromatic heterocycles. The maximum atomic E-state index is 12.8. The summed E-state index contributed by atoms with van der Waals surface area (Å²) in [7, 11) is 1.29. The summed E-state index contributed by atoms with van der Waals surface area (Å²) in [6.45, 7) is 0. The molecule has 0 radical (unpaired) electrons. The highest BCUT2D eigenvalue weighted by Gasteiger charge is 2.33. The Labute approximate surface area is 170 Å². The fraction of sp³-hybridized carbons (Fsp3) is 0.111. The molecule has 156 valence electrons. The smallest absolute Gasteiger partial charge is 0.416 e. The number of benzene rings is 2. The minimum absolute atomic E-state index is 0.00196. The van der Waals surface area contributed by atoms with Crippen molar-refractivity contribution in [3.05, 3.63) is 62.5 Å². The first-order valence-electron chi connectivity index (χ1n) is 8.05. The average molecular weight is 440 g/mol. The molecule has 0 unspecified atom stereocenters. The molecule has 1 saturated heterocycles. The lowest BCUT2D eigenvalue weighted by molar-refractivity contribution is -0.385. The molecule has 1 fully saturated rings. The van der Waals surface area contributed by atoms with Crippen LogP contribution in [0.25, 0.3) is 6.08 Å². The van der Waals surface area contributed by atoms with Gasteiger partial charge in [-0.05, 0) is 47.7 Å². The van der Waals surface area contributed by atoms with Crippen LogP contribution >= 0.6 is 11.8 Å². The van der Waals surface area contributed by atoms with E-state index in [0.717, 1.165) is 17.8 Å². The molecule has 30 heavy (non-hydrogen) atoms. The molecule has 2 aromatic rings. The predicted octanol–water partition coefficient (Wildman–Crippen LogP) is 4.74. The summed E-state index contributed by atoms with van der Waals surface area (Å²) in [5.74, 6) is -0.853. The molecule has 3 rings (SSSR count). The molecule has 0 spiro atoms. The molecule has 0 bridgehead atoms. The molecular formula is C18H11F3N2O6S. The van der Waals surface area contributed by atoms with Crippen LogP contribution in [0.5, 0.6) is 17.2 Å². The molecule has 1 N–H and O–H groups in total. The number of hydrogen-bond donors (Lipinski definition) is 1. The van der Waals surface area contributed by atoms with Crippen molar-refractivity contribution in [2.75, 3.05) is 7.11 Å². The van der Waals surface area contributed by atoms with Gasteiger partial charge in [0.15, 0.2) is 11.5 Å². The van der Waals surface area contributed by atoms with E-state index in [2.05, 4.69) is 5.32 Å². The van der Waals surface area contributed by atoms with Crippen molar-refractivity contribution >= 4 is 34.7 Å². The van der Waals surface area contributed by atoms with E-state index in [1.54, 1.807) is 0 Å². The van der Waals surface area contributed by atoms with Gasteiger partial charge in [0.05, 0.1) is 22.5 Å². The van der Waals surface area contributed by atoms with Crippen molar-refractivity contribution in [3.8, 4) is 17.2 Å². The number of amides is 2. The largest absolute Gasteiger partial charge is 0.493 e. The number of ether oxygens (including phenoxy) is 2. The van der Waals surface area contributed by atoms with E-state index in [0.29, 0.717) is 17.7 Å². The Balaban J connectivity index is 1.94. The molecule has 0 atom stereocenters. The van der Waals surface area contributed by atoms with Crippen molar-refractivity contribution in [2.45, 2.75) is 6.18 Å². The average Bonchev–Trinajstić information content (AvgIpc) is 2.98. The van der Waals surface area contributed by atoms with Gasteiger partial charge in [0, 0.05) is 6.07 Å². The van der Waals surface area contributed by atoms with Crippen molar-refractivity contribution in [3.63, 3.8) is 0 Å². The molecule has 8 nitrogen and oxygen atoms in total. The number of nitro benzene ring substituents is 1. The summed E-state index contributed by atoms with van der Waals surface area (Å²) < 4.78 is 49.1. The van der Waals surface area contributed by atoms with Crippen LogP contribution in [-0.4, -0.2) is 23.2 Å². The topological polar surface area (TPSA) is 108 Å². The van der Waals surface area contributed by atoms with E-state index >= 15 is 0 Å². The Bertz CT molecular complexity index is 1080. The molecule has 12 heteroatoms. The number of alkyl halides is 3. The number of nitro groups is 1. The van der Waals surface area contributed by atoms with E-state index in [4.69, 9.17) is 9.47 Å². The Hall–Kier alpha value is -3.54. The molecule has 0 aliphatic carbocycles. The Morgan fingerprint density at radius 2 is 1.80 bits per heavy atom. The van der Waals surface area contributed by atoms with E-state index in [1.807, 2.05) is 0 Å². The standard InChI is InChI=1S/C18H11F3N2O6S/c1-28-14-6-9(7-15-16(24)22-17(25)30-15)2-4-13(14)29-12-5-3-10(18(19,20)21)8-11(12)23(26)27/h2-8H,1H3,(H,22,24,25)/b15-7-. The number of carbonyl (C=O) groups excluding carboxylic acids is 2. The summed E-state index contributed by atoms with van der Waals surface area (Å²) >= 11 is 0.720. The zero-order valence-electron chi connectivity index (χ0n) is 15.0. The minimum Gasteiger partial charge on any atom is -0.493 e. The highest BCUT2D eigenvalue weighted by Crippen LogP contribution is 2.40. The number of halogens is 3. The van der Waals surface area contributed by atoms with Crippen LogP contribution in [-0.2, 0) is 11.0 Å². The monoisotopic (exact) mass is 440 g/mol. The van der Waals surface area contributed by atoms with Crippen LogP contribution in [0.15, 0.2) is 41.3 Å². The Morgan fingerprint density at radius 3 is 2.37 bits per heavy atom. The summed E-state index contributed by atoms with van der Waals surface area (Å²) in [6, 6.07) is 6.19. The van der Waals surface area contributed by atoms with Gasteiger partial charge in [0.1, 0.15) is 0 Å². The van der Waals surface area contributed by atoms with Gasteiger partial charge in [-0.25, -0.2) is 0 Å². The van der Waals surface area contributed by atoms with Gasteiger partial charge in [0.25, 0.3) is 11.1 Å². The van der Waals surface area contributed by atoms with Crippen molar-refractivity contribution in [2.24, 2.45) is 0 Å². The van der Waals surface area contributed by atoms with E-state index in [1.165, 1.54) is 31.4 Å².